The summed E-state index contributed by atoms with van der Waals surface area (Å²) in [5.41, 5.74) is 7.81. The molecule has 37 heavy (non-hydrogen) atoms. The number of carbonyl (C=O) groups is 2. The van der Waals surface area contributed by atoms with Crippen LogP contribution in [0.4, 0.5) is 11.4 Å². The fourth-order valence-corrected chi connectivity index (χ4v) is 4.19. The Balaban J connectivity index is 1.96. The van der Waals surface area contributed by atoms with E-state index in [1.165, 1.54) is 6.92 Å². The van der Waals surface area contributed by atoms with E-state index in [9.17, 15) is 9.59 Å². The fourth-order valence-electron chi connectivity index (χ4n) is 4.19. The standard InChI is InChI=1S/C30H32N4O3/c1-7-27(36)31-24-13-9-22(10-14-24)28-29(23-11-15-25(16-12-23)33(5)6)32-34(30(28)37-21(4)35)26-17-8-19(2)18-20(26)3/h8-18H,7H2,1-6H3,(H,31,36). The quantitative estimate of drug-likeness (QED) is 0.310. The minimum atomic E-state index is -0.437. The SMILES string of the molecule is CCC(=O)Nc1ccc(-c2c(-c3ccc(N(C)C)cc3)nn(-c3ccc(C)cc3C)c2OC(C)=O)cc1. The van der Waals surface area contributed by atoms with Crippen LogP contribution < -0.4 is 15.0 Å². The lowest BCUT2D eigenvalue weighted by Gasteiger charge is -2.13. The number of carbonyl (C=O) groups excluding carboxylic acids is 2. The number of ether oxygens (including phenoxy) is 1. The molecule has 0 aliphatic rings. The number of nitrogens with zero attached hydrogens (tertiary/aromatic N) is 3. The number of aryl methyl sites for hydroxylation is 2. The largest absolute Gasteiger partial charge is 0.407 e. The van der Waals surface area contributed by atoms with Gasteiger partial charge in [-0.1, -0.05) is 48.9 Å². The van der Waals surface area contributed by atoms with Gasteiger partial charge in [0.05, 0.1) is 11.3 Å². The third kappa shape index (κ3) is 5.56. The maximum atomic E-state index is 12.3. The van der Waals surface area contributed by atoms with Gasteiger partial charge in [0.1, 0.15) is 5.69 Å². The van der Waals surface area contributed by atoms with Gasteiger partial charge in [-0.3, -0.25) is 9.59 Å². The lowest BCUT2D eigenvalue weighted by Crippen LogP contribution is -2.09. The van der Waals surface area contributed by atoms with Crippen LogP contribution in [0.15, 0.2) is 66.7 Å². The zero-order valence-corrected chi connectivity index (χ0v) is 22.1. The van der Waals surface area contributed by atoms with Crippen molar-refractivity contribution in [3.8, 4) is 34.0 Å². The maximum Gasteiger partial charge on any atom is 0.309 e. The first-order valence-corrected chi connectivity index (χ1v) is 12.2. The number of aromatic nitrogens is 2. The van der Waals surface area contributed by atoms with Gasteiger partial charge in [0.15, 0.2) is 0 Å². The molecule has 1 heterocycles. The van der Waals surface area contributed by atoms with E-state index in [2.05, 4.69) is 11.4 Å². The van der Waals surface area contributed by atoms with Crippen LogP contribution in [-0.4, -0.2) is 35.8 Å². The maximum absolute atomic E-state index is 12.3. The second-order valence-corrected chi connectivity index (χ2v) is 9.24. The topological polar surface area (TPSA) is 76.5 Å². The van der Waals surface area contributed by atoms with Gasteiger partial charge < -0.3 is 15.0 Å². The molecule has 0 radical (unpaired) electrons. The third-order valence-electron chi connectivity index (χ3n) is 6.10. The van der Waals surface area contributed by atoms with Crippen molar-refractivity contribution in [1.82, 2.24) is 9.78 Å². The summed E-state index contributed by atoms with van der Waals surface area (Å²) < 4.78 is 7.53. The molecule has 3 aromatic carbocycles. The Labute approximate surface area is 217 Å². The smallest absolute Gasteiger partial charge is 0.309 e. The zero-order chi connectivity index (χ0) is 26.7. The predicted octanol–water partition coefficient (Wildman–Crippen LogP) is 6.16. The first-order valence-electron chi connectivity index (χ1n) is 12.2. The first-order chi connectivity index (χ1) is 17.7. The van der Waals surface area contributed by atoms with Crippen LogP contribution >= 0.6 is 0 Å². The molecule has 0 aliphatic carbocycles. The molecule has 7 nitrogen and oxygen atoms in total. The van der Waals surface area contributed by atoms with E-state index >= 15 is 0 Å². The molecule has 4 rings (SSSR count). The summed E-state index contributed by atoms with van der Waals surface area (Å²) in [7, 11) is 3.99. The molecular formula is C30H32N4O3. The van der Waals surface area contributed by atoms with E-state index in [1.54, 1.807) is 4.68 Å². The number of rotatable bonds is 7. The monoisotopic (exact) mass is 496 g/mol. The number of anilines is 2. The number of esters is 1. The van der Waals surface area contributed by atoms with Gasteiger partial charge in [-0.2, -0.15) is 9.78 Å². The van der Waals surface area contributed by atoms with Crippen molar-refractivity contribution < 1.29 is 14.3 Å². The molecule has 1 amide bonds. The molecule has 0 saturated carbocycles. The summed E-state index contributed by atoms with van der Waals surface area (Å²) in [5.74, 6) is -0.150. The van der Waals surface area contributed by atoms with E-state index in [1.807, 2.05) is 100 Å². The second-order valence-electron chi connectivity index (χ2n) is 9.24. The Kier molecular flexibility index (Phi) is 7.43. The van der Waals surface area contributed by atoms with Crippen molar-refractivity contribution in [3.63, 3.8) is 0 Å². The van der Waals surface area contributed by atoms with Gasteiger partial charge in [0.2, 0.25) is 11.8 Å². The van der Waals surface area contributed by atoms with Crippen LogP contribution in [0.25, 0.3) is 28.1 Å². The van der Waals surface area contributed by atoms with E-state index in [4.69, 9.17) is 9.84 Å². The lowest BCUT2D eigenvalue weighted by molar-refractivity contribution is -0.132. The Hall–Kier alpha value is -4.39. The molecule has 190 valence electrons. The fraction of sp³-hybridized carbons (Fsp3) is 0.233. The van der Waals surface area contributed by atoms with Crippen LogP contribution in [-0.2, 0) is 9.59 Å². The third-order valence-corrected chi connectivity index (χ3v) is 6.10. The van der Waals surface area contributed by atoms with E-state index in [0.29, 0.717) is 29.2 Å². The summed E-state index contributed by atoms with van der Waals surface area (Å²) in [5, 5.41) is 7.86. The molecule has 4 aromatic rings. The molecule has 0 aliphatic heterocycles. The molecule has 0 atom stereocenters. The molecule has 0 fully saturated rings. The van der Waals surface area contributed by atoms with Crippen molar-refractivity contribution in [2.75, 3.05) is 24.3 Å². The molecular weight excluding hydrogens is 464 g/mol. The van der Waals surface area contributed by atoms with Crippen molar-refractivity contribution in [3.05, 3.63) is 77.9 Å². The van der Waals surface area contributed by atoms with Crippen molar-refractivity contribution >= 4 is 23.3 Å². The average molecular weight is 497 g/mol. The number of nitrogens with one attached hydrogen (secondary N) is 1. The molecule has 0 unspecified atom stereocenters. The summed E-state index contributed by atoms with van der Waals surface area (Å²) in [6.45, 7) is 7.25. The van der Waals surface area contributed by atoms with Gasteiger partial charge in [-0.25, -0.2) is 0 Å². The van der Waals surface area contributed by atoms with Gasteiger partial charge in [0.25, 0.3) is 0 Å². The normalized spacial score (nSPS) is 10.8. The van der Waals surface area contributed by atoms with Gasteiger partial charge in [-0.05, 0) is 55.3 Å². The molecule has 1 aromatic heterocycles. The zero-order valence-electron chi connectivity index (χ0n) is 22.1. The first kappa shape index (κ1) is 25.7. The minimum Gasteiger partial charge on any atom is -0.407 e. The van der Waals surface area contributed by atoms with Crippen LogP contribution in [0.3, 0.4) is 0 Å². The molecule has 1 N–H and O–H groups in total. The summed E-state index contributed by atoms with van der Waals surface area (Å²) >= 11 is 0. The Bertz CT molecular complexity index is 1440. The summed E-state index contributed by atoms with van der Waals surface area (Å²) in [6, 6.07) is 21.6. The Morgan fingerprint density at radius 1 is 0.946 bits per heavy atom. The minimum absolute atomic E-state index is 0.0577. The number of amides is 1. The summed E-state index contributed by atoms with van der Waals surface area (Å²) in [4.78, 5) is 26.2. The van der Waals surface area contributed by atoms with Crippen LogP contribution in [0.2, 0.25) is 0 Å². The van der Waals surface area contributed by atoms with Crippen LogP contribution in [0, 0.1) is 13.8 Å². The van der Waals surface area contributed by atoms with Crippen molar-refractivity contribution in [1.29, 1.82) is 0 Å². The van der Waals surface area contributed by atoms with Gasteiger partial charge in [0, 0.05) is 44.4 Å². The van der Waals surface area contributed by atoms with Gasteiger partial charge >= 0.3 is 5.97 Å². The Morgan fingerprint density at radius 2 is 1.59 bits per heavy atom. The van der Waals surface area contributed by atoms with E-state index in [-0.39, 0.29) is 5.91 Å². The molecule has 7 heteroatoms. The van der Waals surface area contributed by atoms with Crippen molar-refractivity contribution in [2.45, 2.75) is 34.1 Å². The van der Waals surface area contributed by atoms with Gasteiger partial charge in [-0.15, -0.1) is 0 Å². The number of hydrogen-bond acceptors (Lipinski definition) is 5. The predicted molar refractivity (Wildman–Crippen MR) is 148 cm³/mol. The highest BCUT2D eigenvalue weighted by Crippen LogP contribution is 2.42. The highest BCUT2D eigenvalue weighted by Gasteiger charge is 2.25. The number of hydrogen-bond donors (Lipinski definition) is 1. The van der Waals surface area contributed by atoms with Crippen molar-refractivity contribution in [2.24, 2.45) is 0 Å². The Morgan fingerprint density at radius 3 is 2.16 bits per heavy atom. The highest BCUT2D eigenvalue weighted by molar-refractivity contribution is 5.92. The van der Waals surface area contributed by atoms with E-state index in [0.717, 1.165) is 33.6 Å². The van der Waals surface area contributed by atoms with Crippen LogP contribution in [0.1, 0.15) is 31.4 Å². The molecule has 0 saturated heterocycles. The molecule has 0 bridgehead atoms. The number of benzene rings is 3. The summed E-state index contributed by atoms with van der Waals surface area (Å²) in [6.07, 6.45) is 0.397. The average Bonchev–Trinajstić information content (AvgIpc) is 3.22. The second kappa shape index (κ2) is 10.7. The lowest BCUT2D eigenvalue weighted by atomic mass is 10.0. The van der Waals surface area contributed by atoms with E-state index < -0.39 is 5.97 Å². The van der Waals surface area contributed by atoms with Crippen LogP contribution in [0.5, 0.6) is 5.88 Å². The molecule has 0 spiro atoms. The highest BCUT2D eigenvalue weighted by atomic mass is 16.5.